The first-order valence-electron chi connectivity index (χ1n) is 5.43. The zero-order valence-corrected chi connectivity index (χ0v) is 11.4. The van der Waals surface area contributed by atoms with E-state index in [1.54, 1.807) is 0 Å². The Labute approximate surface area is 117 Å². The van der Waals surface area contributed by atoms with Crippen LogP contribution in [0.4, 0.5) is 4.79 Å². The predicted octanol–water partition coefficient (Wildman–Crippen LogP) is 1.48. The number of hydrogen-bond donors (Lipinski definition) is 1. The normalized spacial score (nSPS) is 9.16. The van der Waals surface area contributed by atoms with E-state index in [0.717, 1.165) is 10.6 Å². The lowest BCUT2D eigenvalue weighted by molar-refractivity contribution is -0.140. The molecule has 0 aromatic heterocycles. The molecule has 0 unspecified atom stereocenters. The first-order valence-corrected chi connectivity index (χ1v) is 5.43. The summed E-state index contributed by atoms with van der Waals surface area (Å²) in [5.74, 6) is 5.01. The standard InChI is InChI=1S/C12H16N2O4.ClH/c1-17-11(15)7-8-14(13)12(16)18-9-10-5-3-2-4-6-10;/h2-6H,7-9,13H2,1H3;1H. The molecular weight excluding hydrogens is 272 g/mol. The Morgan fingerprint density at radius 3 is 2.47 bits per heavy atom. The van der Waals surface area contributed by atoms with E-state index < -0.39 is 12.1 Å². The van der Waals surface area contributed by atoms with Crippen LogP contribution in [0.1, 0.15) is 12.0 Å². The number of nitrogens with zero attached hydrogens (tertiary/aromatic N) is 1. The third-order valence-electron chi connectivity index (χ3n) is 2.22. The second-order valence-corrected chi connectivity index (χ2v) is 3.56. The Morgan fingerprint density at radius 2 is 1.89 bits per heavy atom. The summed E-state index contributed by atoms with van der Waals surface area (Å²) in [6.07, 6.45) is -0.643. The van der Waals surface area contributed by atoms with Gasteiger partial charge in [-0.3, -0.25) is 4.79 Å². The molecule has 6 nitrogen and oxygen atoms in total. The molecule has 0 fully saturated rings. The number of benzene rings is 1. The summed E-state index contributed by atoms with van der Waals surface area (Å²) in [6, 6.07) is 9.24. The van der Waals surface area contributed by atoms with Gasteiger partial charge in [-0.1, -0.05) is 30.3 Å². The van der Waals surface area contributed by atoms with Gasteiger partial charge in [-0.05, 0) is 5.56 Å². The Morgan fingerprint density at radius 1 is 1.26 bits per heavy atom. The van der Waals surface area contributed by atoms with Crippen molar-refractivity contribution >= 4 is 24.5 Å². The summed E-state index contributed by atoms with van der Waals surface area (Å²) in [4.78, 5) is 22.3. The highest BCUT2D eigenvalue weighted by Crippen LogP contribution is 2.02. The molecule has 7 heteroatoms. The fourth-order valence-electron chi connectivity index (χ4n) is 1.21. The maximum absolute atomic E-state index is 11.4. The topological polar surface area (TPSA) is 81.9 Å². The average Bonchev–Trinajstić information content (AvgIpc) is 2.42. The van der Waals surface area contributed by atoms with Gasteiger partial charge in [-0.25, -0.2) is 15.6 Å². The number of methoxy groups -OCH3 is 1. The number of hydrogen-bond acceptors (Lipinski definition) is 5. The summed E-state index contributed by atoms with van der Waals surface area (Å²) in [6.45, 7) is 0.200. The highest BCUT2D eigenvalue weighted by Gasteiger charge is 2.12. The molecule has 0 heterocycles. The quantitative estimate of drug-likeness (QED) is 0.384. The molecule has 1 rings (SSSR count). The van der Waals surface area contributed by atoms with Gasteiger partial charge in [0.25, 0.3) is 0 Å². The zero-order valence-electron chi connectivity index (χ0n) is 10.6. The van der Waals surface area contributed by atoms with Gasteiger partial charge in [-0.2, -0.15) is 0 Å². The van der Waals surface area contributed by atoms with Crippen LogP contribution in [0.2, 0.25) is 0 Å². The summed E-state index contributed by atoms with van der Waals surface area (Å²) >= 11 is 0. The van der Waals surface area contributed by atoms with Gasteiger partial charge in [0.15, 0.2) is 0 Å². The molecular formula is C12H17ClN2O4. The van der Waals surface area contributed by atoms with Gasteiger partial charge in [-0.15, -0.1) is 12.4 Å². The van der Waals surface area contributed by atoms with Crippen molar-refractivity contribution in [3.8, 4) is 0 Å². The maximum atomic E-state index is 11.4. The van der Waals surface area contributed by atoms with Gasteiger partial charge < -0.3 is 9.47 Å². The van der Waals surface area contributed by atoms with Crippen LogP contribution < -0.4 is 5.84 Å². The van der Waals surface area contributed by atoms with Crippen LogP contribution >= 0.6 is 12.4 Å². The number of halogens is 1. The Hall–Kier alpha value is -1.79. The maximum Gasteiger partial charge on any atom is 0.424 e. The number of hydrazine groups is 1. The summed E-state index contributed by atoms with van der Waals surface area (Å²) in [5, 5.41) is 0.847. The highest BCUT2D eigenvalue weighted by molar-refractivity contribution is 5.85. The molecule has 0 aliphatic rings. The van der Waals surface area contributed by atoms with Crippen molar-refractivity contribution in [3.05, 3.63) is 35.9 Å². The van der Waals surface area contributed by atoms with Crippen LogP contribution in [0, 0.1) is 0 Å². The third-order valence-corrected chi connectivity index (χ3v) is 2.22. The molecule has 0 spiro atoms. The van der Waals surface area contributed by atoms with E-state index in [9.17, 15) is 9.59 Å². The molecule has 106 valence electrons. The highest BCUT2D eigenvalue weighted by atomic mass is 35.5. The van der Waals surface area contributed by atoms with Crippen LogP contribution in [-0.2, 0) is 20.9 Å². The molecule has 0 atom stereocenters. The van der Waals surface area contributed by atoms with Crippen molar-refractivity contribution in [1.29, 1.82) is 0 Å². The van der Waals surface area contributed by atoms with Gasteiger partial charge in [0.05, 0.1) is 20.1 Å². The second kappa shape index (κ2) is 9.18. The van der Waals surface area contributed by atoms with Crippen molar-refractivity contribution in [2.24, 2.45) is 5.84 Å². The second-order valence-electron chi connectivity index (χ2n) is 3.56. The lowest BCUT2D eigenvalue weighted by atomic mass is 10.2. The molecule has 1 amide bonds. The van der Waals surface area contributed by atoms with Gasteiger partial charge in [0.1, 0.15) is 6.61 Å². The number of nitrogens with two attached hydrogens (primary N) is 1. The number of carbonyl (C=O) groups is 2. The van der Waals surface area contributed by atoms with Crippen molar-refractivity contribution in [1.82, 2.24) is 5.01 Å². The first kappa shape index (κ1) is 17.2. The number of esters is 1. The lowest BCUT2D eigenvalue weighted by Gasteiger charge is -2.15. The number of carbonyl (C=O) groups excluding carboxylic acids is 2. The monoisotopic (exact) mass is 288 g/mol. The van der Waals surface area contributed by atoms with Crippen LogP contribution in [0.3, 0.4) is 0 Å². The van der Waals surface area contributed by atoms with Gasteiger partial charge >= 0.3 is 12.1 Å². The van der Waals surface area contributed by atoms with E-state index in [2.05, 4.69) is 4.74 Å². The van der Waals surface area contributed by atoms with Crippen LogP contribution in [0.25, 0.3) is 0 Å². The predicted molar refractivity (Wildman–Crippen MR) is 71.4 cm³/mol. The number of amides is 1. The van der Waals surface area contributed by atoms with Crippen molar-refractivity contribution in [2.75, 3.05) is 13.7 Å². The van der Waals surface area contributed by atoms with Crippen LogP contribution in [-0.4, -0.2) is 30.7 Å². The Bertz CT molecular complexity index is 400. The summed E-state index contributed by atoms with van der Waals surface area (Å²) < 4.78 is 9.40. The Kier molecular flexibility index (Phi) is 8.32. The largest absolute Gasteiger partial charge is 0.469 e. The SMILES string of the molecule is COC(=O)CCN(N)C(=O)OCc1ccccc1.Cl. The fourth-order valence-corrected chi connectivity index (χ4v) is 1.21. The first-order chi connectivity index (χ1) is 8.63. The minimum Gasteiger partial charge on any atom is -0.469 e. The molecule has 0 bridgehead atoms. The van der Waals surface area contributed by atoms with Crippen molar-refractivity contribution in [2.45, 2.75) is 13.0 Å². The molecule has 19 heavy (non-hydrogen) atoms. The lowest BCUT2D eigenvalue weighted by Crippen LogP contribution is -2.39. The average molecular weight is 289 g/mol. The van der Waals surface area contributed by atoms with Crippen LogP contribution in [0.5, 0.6) is 0 Å². The fraction of sp³-hybridized carbons (Fsp3) is 0.333. The smallest absolute Gasteiger partial charge is 0.424 e. The molecule has 0 saturated heterocycles. The van der Waals surface area contributed by atoms with E-state index in [-0.39, 0.29) is 32.0 Å². The van der Waals surface area contributed by atoms with Crippen molar-refractivity contribution in [3.63, 3.8) is 0 Å². The van der Waals surface area contributed by atoms with E-state index >= 15 is 0 Å². The van der Waals surface area contributed by atoms with E-state index in [1.807, 2.05) is 30.3 Å². The number of rotatable bonds is 5. The third kappa shape index (κ3) is 6.64. The number of ether oxygens (including phenoxy) is 2. The van der Waals surface area contributed by atoms with Crippen molar-refractivity contribution < 1.29 is 19.1 Å². The minimum absolute atomic E-state index is 0. The van der Waals surface area contributed by atoms with Gasteiger partial charge in [0, 0.05) is 0 Å². The van der Waals surface area contributed by atoms with E-state index in [1.165, 1.54) is 7.11 Å². The van der Waals surface area contributed by atoms with Crippen LogP contribution in [0.15, 0.2) is 30.3 Å². The molecule has 1 aromatic rings. The minimum atomic E-state index is -0.678. The molecule has 2 N–H and O–H groups in total. The summed E-state index contributed by atoms with van der Waals surface area (Å²) in [5.41, 5.74) is 0.868. The molecule has 0 saturated carbocycles. The molecule has 0 aliphatic heterocycles. The molecule has 0 radical (unpaired) electrons. The Balaban J connectivity index is 0.00000324. The van der Waals surface area contributed by atoms with Gasteiger partial charge in [0.2, 0.25) is 0 Å². The van der Waals surface area contributed by atoms with E-state index in [4.69, 9.17) is 10.6 Å². The molecule has 0 aliphatic carbocycles. The molecule has 1 aromatic carbocycles. The summed E-state index contributed by atoms with van der Waals surface area (Å²) in [7, 11) is 1.27. The zero-order chi connectivity index (χ0) is 13.4. The van der Waals surface area contributed by atoms with E-state index in [0.29, 0.717) is 0 Å².